The Morgan fingerprint density at radius 1 is 1.28 bits per heavy atom. The fraction of sp³-hybridized carbons (Fsp3) is 0.421. The summed E-state index contributed by atoms with van der Waals surface area (Å²) >= 11 is 0. The number of hydrogen-bond acceptors (Lipinski definition) is 5. The second-order valence-corrected chi connectivity index (χ2v) is 6.42. The van der Waals surface area contributed by atoms with Crippen molar-refractivity contribution in [2.75, 3.05) is 19.7 Å². The molecule has 1 atom stereocenters. The Kier molecular flexibility index (Phi) is 5.48. The number of nitrogens with zero attached hydrogens (tertiary/aromatic N) is 3. The molecule has 6 nitrogen and oxygen atoms in total. The Morgan fingerprint density at radius 3 is 2.76 bits per heavy atom. The minimum absolute atomic E-state index is 0.0295. The van der Waals surface area contributed by atoms with E-state index in [0.29, 0.717) is 30.6 Å². The maximum Gasteiger partial charge on any atom is 0.260 e. The van der Waals surface area contributed by atoms with E-state index in [1.165, 1.54) is 5.56 Å². The lowest BCUT2D eigenvalue weighted by molar-refractivity contribution is -0.132. The molecule has 1 aliphatic heterocycles. The van der Waals surface area contributed by atoms with Crippen molar-refractivity contribution < 1.29 is 14.3 Å². The molecule has 2 heterocycles. The van der Waals surface area contributed by atoms with Gasteiger partial charge in [-0.25, -0.2) is 4.98 Å². The molecule has 1 aromatic carbocycles. The van der Waals surface area contributed by atoms with Crippen LogP contribution in [0.1, 0.15) is 31.7 Å². The number of ether oxygens (including phenoxy) is 2. The van der Waals surface area contributed by atoms with Gasteiger partial charge in [0.2, 0.25) is 5.88 Å². The van der Waals surface area contributed by atoms with E-state index in [1.54, 1.807) is 23.5 Å². The standard InChI is InChI=1S/C19H23N3O3/c1-14(2)15-3-5-16(6-4-15)24-13-19(23)22-10-7-17(12-22)25-18-11-20-8-9-21-18/h3-6,8-9,11,14,17H,7,10,12-13H2,1-2H3. The Labute approximate surface area is 147 Å². The Bertz CT molecular complexity index is 689. The maximum absolute atomic E-state index is 12.3. The molecule has 6 heteroatoms. The van der Waals surface area contributed by atoms with Crippen LogP contribution in [0.4, 0.5) is 0 Å². The molecule has 0 aliphatic carbocycles. The van der Waals surface area contributed by atoms with E-state index >= 15 is 0 Å². The van der Waals surface area contributed by atoms with Gasteiger partial charge in [-0.1, -0.05) is 26.0 Å². The van der Waals surface area contributed by atoms with Crippen molar-refractivity contribution >= 4 is 5.91 Å². The van der Waals surface area contributed by atoms with Gasteiger partial charge < -0.3 is 14.4 Å². The average molecular weight is 341 g/mol. The fourth-order valence-corrected chi connectivity index (χ4v) is 2.75. The van der Waals surface area contributed by atoms with Crippen LogP contribution in [0.15, 0.2) is 42.9 Å². The van der Waals surface area contributed by atoms with Crippen LogP contribution < -0.4 is 9.47 Å². The molecule has 1 fully saturated rings. The van der Waals surface area contributed by atoms with Crippen molar-refractivity contribution in [2.24, 2.45) is 0 Å². The normalized spacial score (nSPS) is 16.9. The Hall–Kier alpha value is -2.63. The maximum atomic E-state index is 12.3. The molecule has 2 aromatic rings. The van der Waals surface area contributed by atoms with Crippen molar-refractivity contribution in [2.45, 2.75) is 32.3 Å². The lowest BCUT2D eigenvalue weighted by Gasteiger charge is -2.17. The molecule has 1 unspecified atom stereocenters. The lowest BCUT2D eigenvalue weighted by atomic mass is 10.0. The first-order chi connectivity index (χ1) is 12.1. The quantitative estimate of drug-likeness (QED) is 0.808. The predicted octanol–water partition coefficient (Wildman–Crippen LogP) is 2.66. The summed E-state index contributed by atoms with van der Waals surface area (Å²) in [6.07, 6.45) is 5.50. The number of rotatable bonds is 6. The summed E-state index contributed by atoms with van der Waals surface area (Å²) in [5.74, 6) is 1.65. The molecular weight excluding hydrogens is 318 g/mol. The highest BCUT2D eigenvalue weighted by Gasteiger charge is 2.28. The van der Waals surface area contributed by atoms with E-state index in [-0.39, 0.29) is 18.6 Å². The van der Waals surface area contributed by atoms with Gasteiger partial charge >= 0.3 is 0 Å². The topological polar surface area (TPSA) is 64.5 Å². The smallest absolute Gasteiger partial charge is 0.260 e. The minimum Gasteiger partial charge on any atom is -0.484 e. The van der Waals surface area contributed by atoms with E-state index in [2.05, 4.69) is 23.8 Å². The summed E-state index contributed by atoms with van der Waals surface area (Å²) in [5.41, 5.74) is 1.25. The van der Waals surface area contributed by atoms with Crippen molar-refractivity contribution in [1.29, 1.82) is 0 Å². The molecule has 3 rings (SSSR count). The Balaban J connectivity index is 1.46. The van der Waals surface area contributed by atoms with Crippen LogP contribution in [-0.4, -0.2) is 46.6 Å². The van der Waals surface area contributed by atoms with Crippen molar-refractivity contribution in [1.82, 2.24) is 14.9 Å². The molecule has 0 spiro atoms. The Morgan fingerprint density at radius 2 is 2.08 bits per heavy atom. The number of likely N-dealkylation sites (tertiary alicyclic amines) is 1. The molecule has 1 aromatic heterocycles. The molecule has 1 amide bonds. The van der Waals surface area contributed by atoms with Gasteiger partial charge in [0, 0.05) is 25.4 Å². The van der Waals surface area contributed by atoms with Gasteiger partial charge in [0.15, 0.2) is 6.61 Å². The van der Waals surface area contributed by atoms with E-state index in [1.807, 2.05) is 24.3 Å². The molecule has 0 N–H and O–H groups in total. The first kappa shape index (κ1) is 17.2. The molecule has 0 saturated carbocycles. The minimum atomic E-state index is -0.0500. The third kappa shape index (κ3) is 4.68. The van der Waals surface area contributed by atoms with Gasteiger partial charge in [0.1, 0.15) is 11.9 Å². The third-order valence-corrected chi connectivity index (χ3v) is 4.23. The summed E-state index contributed by atoms with van der Waals surface area (Å²) in [5, 5.41) is 0. The molecule has 1 aliphatic rings. The molecule has 132 valence electrons. The van der Waals surface area contributed by atoms with Gasteiger partial charge in [-0.05, 0) is 23.6 Å². The molecule has 0 bridgehead atoms. The highest BCUT2D eigenvalue weighted by Crippen LogP contribution is 2.19. The monoisotopic (exact) mass is 341 g/mol. The van der Waals surface area contributed by atoms with E-state index in [9.17, 15) is 4.79 Å². The highest BCUT2D eigenvalue weighted by atomic mass is 16.5. The number of aromatic nitrogens is 2. The van der Waals surface area contributed by atoms with Gasteiger partial charge in [-0.3, -0.25) is 9.78 Å². The van der Waals surface area contributed by atoms with Gasteiger partial charge in [-0.2, -0.15) is 0 Å². The first-order valence-electron chi connectivity index (χ1n) is 8.55. The molecule has 1 saturated heterocycles. The third-order valence-electron chi connectivity index (χ3n) is 4.23. The molecule has 0 radical (unpaired) electrons. The summed E-state index contributed by atoms with van der Waals surface area (Å²) in [7, 11) is 0. The van der Waals surface area contributed by atoms with Crippen LogP contribution in [0.5, 0.6) is 11.6 Å². The zero-order chi connectivity index (χ0) is 17.6. The number of amides is 1. The SMILES string of the molecule is CC(C)c1ccc(OCC(=O)N2CCC(Oc3cnccn3)C2)cc1. The molecular formula is C19H23N3O3. The summed E-state index contributed by atoms with van der Waals surface area (Å²) in [6.45, 7) is 5.54. The van der Waals surface area contributed by atoms with Crippen molar-refractivity contribution in [3.05, 3.63) is 48.4 Å². The van der Waals surface area contributed by atoms with Crippen LogP contribution in [0.2, 0.25) is 0 Å². The highest BCUT2D eigenvalue weighted by molar-refractivity contribution is 5.78. The van der Waals surface area contributed by atoms with Crippen molar-refractivity contribution in [3.8, 4) is 11.6 Å². The average Bonchev–Trinajstić information content (AvgIpc) is 3.09. The van der Waals surface area contributed by atoms with Crippen LogP contribution in [0, 0.1) is 0 Å². The second kappa shape index (κ2) is 7.96. The largest absolute Gasteiger partial charge is 0.484 e. The number of carbonyl (C=O) groups excluding carboxylic acids is 1. The van der Waals surface area contributed by atoms with Crippen LogP contribution >= 0.6 is 0 Å². The summed E-state index contributed by atoms with van der Waals surface area (Å²) in [4.78, 5) is 22.1. The summed E-state index contributed by atoms with van der Waals surface area (Å²) < 4.78 is 11.4. The van der Waals surface area contributed by atoms with Crippen LogP contribution in [0.3, 0.4) is 0 Å². The second-order valence-electron chi connectivity index (χ2n) is 6.42. The van der Waals surface area contributed by atoms with E-state index in [0.717, 1.165) is 6.42 Å². The van der Waals surface area contributed by atoms with Crippen LogP contribution in [-0.2, 0) is 4.79 Å². The molecule has 25 heavy (non-hydrogen) atoms. The number of carbonyl (C=O) groups is 1. The fourth-order valence-electron chi connectivity index (χ4n) is 2.75. The predicted molar refractivity (Wildman–Crippen MR) is 93.7 cm³/mol. The number of benzene rings is 1. The van der Waals surface area contributed by atoms with Crippen molar-refractivity contribution in [3.63, 3.8) is 0 Å². The van der Waals surface area contributed by atoms with Gasteiger partial charge in [0.25, 0.3) is 5.91 Å². The van der Waals surface area contributed by atoms with E-state index in [4.69, 9.17) is 9.47 Å². The van der Waals surface area contributed by atoms with Gasteiger partial charge in [0.05, 0.1) is 12.7 Å². The lowest BCUT2D eigenvalue weighted by Crippen LogP contribution is -2.34. The first-order valence-corrected chi connectivity index (χ1v) is 8.55. The summed E-state index contributed by atoms with van der Waals surface area (Å²) in [6, 6.07) is 7.88. The zero-order valence-corrected chi connectivity index (χ0v) is 14.6. The number of hydrogen-bond donors (Lipinski definition) is 0. The zero-order valence-electron chi connectivity index (χ0n) is 14.6. The van der Waals surface area contributed by atoms with Gasteiger partial charge in [-0.15, -0.1) is 0 Å². The van der Waals surface area contributed by atoms with E-state index < -0.39 is 0 Å². The van der Waals surface area contributed by atoms with Crippen LogP contribution in [0.25, 0.3) is 0 Å².